The van der Waals surface area contributed by atoms with Gasteiger partial charge in [-0.05, 0) is 18.8 Å². The average molecular weight is 253 g/mol. The van der Waals surface area contributed by atoms with Gasteiger partial charge in [0.05, 0.1) is 12.8 Å². The number of ether oxygens (including phenoxy) is 1. The number of aryl methyl sites for hydroxylation is 1. The molecule has 1 aromatic heterocycles. The molecule has 0 aliphatic heterocycles. The molecular weight excluding hydrogens is 226 g/mol. The third kappa shape index (κ3) is 4.33. The van der Waals surface area contributed by atoms with Crippen molar-refractivity contribution in [2.24, 2.45) is 13.0 Å². The highest BCUT2D eigenvalue weighted by Crippen LogP contribution is 2.14. The van der Waals surface area contributed by atoms with Gasteiger partial charge in [0.15, 0.2) is 0 Å². The Labute approximate surface area is 111 Å². The molecule has 0 saturated heterocycles. The van der Waals surface area contributed by atoms with E-state index in [0.717, 1.165) is 30.5 Å². The first kappa shape index (κ1) is 15.0. The molecule has 4 nitrogen and oxygen atoms in total. The van der Waals surface area contributed by atoms with E-state index in [0.29, 0.717) is 6.04 Å². The van der Waals surface area contributed by atoms with Crippen LogP contribution in [0.5, 0.6) is 5.88 Å². The van der Waals surface area contributed by atoms with Crippen LogP contribution in [0.25, 0.3) is 0 Å². The summed E-state index contributed by atoms with van der Waals surface area (Å²) < 4.78 is 6.98. The van der Waals surface area contributed by atoms with E-state index in [1.165, 1.54) is 12.8 Å². The van der Waals surface area contributed by atoms with Crippen LogP contribution in [0.15, 0.2) is 6.07 Å². The fourth-order valence-corrected chi connectivity index (χ4v) is 2.08. The van der Waals surface area contributed by atoms with Gasteiger partial charge >= 0.3 is 0 Å². The Kier molecular flexibility index (Phi) is 6.19. The van der Waals surface area contributed by atoms with E-state index in [1.807, 2.05) is 13.1 Å². The molecule has 1 N–H and O–H groups in total. The summed E-state index contributed by atoms with van der Waals surface area (Å²) in [6.45, 7) is 7.61. The summed E-state index contributed by atoms with van der Waals surface area (Å²) in [5.41, 5.74) is 1.04. The Bertz CT molecular complexity index is 349. The Morgan fingerprint density at radius 2 is 2.11 bits per heavy atom. The summed E-state index contributed by atoms with van der Waals surface area (Å²) in [5, 5.41) is 8.00. The van der Waals surface area contributed by atoms with E-state index in [4.69, 9.17) is 4.74 Å². The van der Waals surface area contributed by atoms with Gasteiger partial charge in [0, 0.05) is 25.7 Å². The SMILES string of the molecule is CCC(C)CC(CC)NCc1cc(OC)n(C)n1. The smallest absolute Gasteiger partial charge is 0.211 e. The number of aromatic nitrogens is 2. The molecule has 1 aromatic rings. The van der Waals surface area contributed by atoms with Crippen molar-refractivity contribution in [3.05, 3.63) is 11.8 Å². The van der Waals surface area contributed by atoms with Gasteiger partial charge in [-0.3, -0.25) is 0 Å². The topological polar surface area (TPSA) is 39.1 Å². The van der Waals surface area contributed by atoms with Crippen LogP contribution >= 0.6 is 0 Å². The highest BCUT2D eigenvalue weighted by molar-refractivity contribution is 5.15. The van der Waals surface area contributed by atoms with Crippen molar-refractivity contribution in [2.75, 3.05) is 7.11 Å². The molecule has 1 heterocycles. The Balaban J connectivity index is 2.46. The minimum atomic E-state index is 0.577. The van der Waals surface area contributed by atoms with Gasteiger partial charge < -0.3 is 10.1 Å². The van der Waals surface area contributed by atoms with Crippen molar-refractivity contribution in [2.45, 2.75) is 52.6 Å². The number of methoxy groups -OCH3 is 1. The molecule has 1 rings (SSSR count). The van der Waals surface area contributed by atoms with E-state index in [-0.39, 0.29) is 0 Å². The number of hydrogen-bond donors (Lipinski definition) is 1. The standard InChI is InChI=1S/C14H27N3O/c1-6-11(3)8-12(7-2)15-10-13-9-14(18-5)17(4)16-13/h9,11-12,15H,6-8,10H2,1-5H3. The summed E-state index contributed by atoms with van der Waals surface area (Å²) in [7, 11) is 3.57. The van der Waals surface area contributed by atoms with Crippen molar-refractivity contribution in [1.29, 1.82) is 0 Å². The lowest BCUT2D eigenvalue weighted by molar-refractivity contribution is 0.373. The summed E-state index contributed by atoms with van der Waals surface area (Å²) >= 11 is 0. The Morgan fingerprint density at radius 1 is 1.39 bits per heavy atom. The molecule has 4 heteroatoms. The molecule has 0 radical (unpaired) electrons. The maximum absolute atomic E-state index is 5.21. The largest absolute Gasteiger partial charge is 0.481 e. The van der Waals surface area contributed by atoms with E-state index < -0.39 is 0 Å². The summed E-state index contributed by atoms with van der Waals surface area (Å²) in [5.74, 6) is 1.59. The van der Waals surface area contributed by atoms with Crippen molar-refractivity contribution < 1.29 is 4.74 Å². The molecule has 104 valence electrons. The van der Waals surface area contributed by atoms with Gasteiger partial charge in [-0.1, -0.05) is 27.2 Å². The quantitative estimate of drug-likeness (QED) is 0.774. The predicted molar refractivity (Wildman–Crippen MR) is 74.8 cm³/mol. The molecule has 0 amide bonds. The van der Waals surface area contributed by atoms with Crippen LogP contribution in [0.1, 0.15) is 45.7 Å². The zero-order valence-corrected chi connectivity index (χ0v) is 12.4. The maximum Gasteiger partial charge on any atom is 0.211 e. The van der Waals surface area contributed by atoms with Gasteiger partial charge in [-0.15, -0.1) is 0 Å². The van der Waals surface area contributed by atoms with E-state index in [2.05, 4.69) is 31.2 Å². The second-order valence-corrected chi connectivity index (χ2v) is 5.04. The molecule has 18 heavy (non-hydrogen) atoms. The number of nitrogens with one attached hydrogen (secondary N) is 1. The Morgan fingerprint density at radius 3 is 2.61 bits per heavy atom. The van der Waals surface area contributed by atoms with Crippen LogP contribution in [-0.2, 0) is 13.6 Å². The second-order valence-electron chi connectivity index (χ2n) is 5.04. The second kappa shape index (κ2) is 7.41. The van der Waals surface area contributed by atoms with E-state index >= 15 is 0 Å². The number of rotatable bonds is 8. The third-order valence-corrected chi connectivity index (χ3v) is 3.55. The first-order valence-electron chi connectivity index (χ1n) is 6.90. The number of hydrogen-bond acceptors (Lipinski definition) is 3. The third-order valence-electron chi connectivity index (χ3n) is 3.55. The van der Waals surface area contributed by atoms with Crippen LogP contribution in [0, 0.1) is 5.92 Å². The molecule has 2 atom stereocenters. The molecule has 0 aliphatic rings. The van der Waals surface area contributed by atoms with Gasteiger partial charge in [-0.2, -0.15) is 5.10 Å². The van der Waals surface area contributed by atoms with Crippen LogP contribution in [0.4, 0.5) is 0 Å². The zero-order chi connectivity index (χ0) is 13.5. The van der Waals surface area contributed by atoms with Gasteiger partial charge in [0.2, 0.25) is 5.88 Å². The van der Waals surface area contributed by atoms with Crippen LogP contribution in [-0.4, -0.2) is 22.9 Å². The molecule has 2 unspecified atom stereocenters. The van der Waals surface area contributed by atoms with Crippen molar-refractivity contribution in [3.63, 3.8) is 0 Å². The zero-order valence-electron chi connectivity index (χ0n) is 12.4. The van der Waals surface area contributed by atoms with Crippen molar-refractivity contribution in [3.8, 4) is 5.88 Å². The van der Waals surface area contributed by atoms with E-state index in [1.54, 1.807) is 11.8 Å². The van der Waals surface area contributed by atoms with Crippen LogP contribution in [0.3, 0.4) is 0 Å². The first-order valence-corrected chi connectivity index (χ1v) is 6.90. The molecular formula is C14H27N3O. The Hall–Kier alpha value is -1.03. The number of nitrogens with zero attached hydrogens (tertiary/aromatic N) is 2. The molecule has 0 saturated carbocycles. The normalized spacial score (nSPS) is 14.5. The van der Waals surface area contributed by atoms with Crippen LogP contribution < -0.4 is 10.1 Å². The first-order chi connectivity index (χ1) is 8.60. The molecule has 0 aromatic carbocycles. The van der Waals surface area contributed by atoms with Crippen LogP contribution in [0.2, 0.25) is 0 Å². The lowest BCUT2D eigenvalue weighted by Crippen LogP contribution is -2.29. The average Bonchev–Trinajstić information content (AvgIpc) is 2.74. The minimum absolute atomic E-state index is 0.577. The van der Waals surface area contributed by atoms with Gasteiger partial charge in [0.25, 0.3) is 0 Å². The molecule has 0 bridgehead atoms. The summed E-state index contributed by atoms with van der Waals surface area (Å²) in [6, 6.07) is 2.57. The summed E-state index contributed by atoms with van der Waals surface area (Å²) in [6.07, 6.45) is 3.64. The highest BCUT2D eigenvalue weighted by Gasteiger charge is 2.11. The van der Waals surface area contributed by atoms with Crippen molar-refractivity contribution in [1.82, 2.24) is 15.1 Å². The van der Waals surface area contributed by atoms with Crippen molar-refractivity contribution >= 4 is 0 Å². The monoisotopic (exact) mass is 253 g/mol. The predicted octanol–water partition coefficient (Wildman–Crippen LogP) is 2.73. The van der Waals surface area contributed by atoms with E-state index in [9.17, 15) is 0 Å². The lowest BCUT2D eigenvalue weighted by atomic mass is 9.98. The lowest BCUT2D eigenvalue weighted by Gasteiger charge is -2.19. The molecule has 0 fully saturated rings. The minimum Gasteiger partial charge on any atom is -0.481 e. The summed E-state index contributed by atoms with van der Waals surface area (Å²) in [4.78, 5) is 0. The fourth-order valence-electron chi connectivity index (χ4n) is 2.08. The van der Waals surface area contributed by atoms with Gasteiger partial charge in [-0.25, -0.2) is 4.68 Å². The van der Waals surface area contributed by atoms with Gasteiger partial charge in [0.1, 0.15) is 0 Å². The fraction of sp³-hybridized carbons (Fsp3) is 0.786. The maximum atomic E-state index is 5.21. The highest BCUT2D eigenvalue weighted by atomic mass is 16.5. The molecule has 0 spiro atoms. The molecule has 0 aliphatic carbocycles.